The normalized spacial score (nSPS) is 10.3. The second-order valence-electron chi connectivity index (χ2n) is 5.97. The Balaban J connectivity index is 1.38. The minimum absolute atomic E-state index is 0.0846. The van der Waals surface area contributed by atoms with Gasteiger partial charge in [0.2, 0.25) is 0 Å². The van der Waals surface area contributed by atoms with Crippen molar-refractivity contribution in [1.29, 1.82) is 0 Å². The average Bonchev–Trinajstić information content (AvgIpc) is 3.24. The highest BCUT2D eigenvalue weighted by molar-refractivity contribution is 6.30. The predicted molar refractivity (Wildman–Crippen MR) is 107 cm³/mol. The van der Waals surface area contributed by atoms with Gasteiger partial charge in [-0.3, -0.25) is 9.59 Å². The van der Waals surface area contributed by atoms with Gasteiger partial charge in [0.05, 0.1) is 6.26 Å². The van der Waals surface area contributed by atoms with Crippen LogP contribution in [0.3, 0.4) is 0 Å². The molecule has 0 radical (unpaired) electrons. The van der Waals surface area contributed by atoms with Crippen LogP contribution in [0, 0.1) is 0 Å². The van der Waals surface area contributed by atoms with Crippen molar-refractivity contribution in [3.8, 4) is 5.75 Å². The van der Waals surface area contributed by atoms with Crippen molar-refractivity contribution in [1.82, 2.24) is 5.32 Å². The van der Waals surface area contributed by atoms with Crippen molar-refractivity contribution in [2.24, 2.45) is 0 Å². The number of amides is 2. The summed E-state index contributed by atoms with van der Waals surface area (Å²) in [7, 11) is 0. The van der Waals surface area contributed by atoms with Crippen LogP contribution in [0.2, 0.25) is 5.02 Å². The molecule has 2 amide bonds. The van der Waals surface area contributed by atoms with Gasteiger partial charge in [0, 0.05) is 17.3 Å². The van der Waals surface area contributed by atoms with Crippen LogP contribution in [-0.2, 0) is 11.2 Å². The zero-order valence-corrected chi connectivity index (χ0v) is 15.7. The van der Waals surface area contributed by atoms with Crippen LogP contribution >= 0.6 is 11.6 Å². The summed E-state index contributed by atoms with van der Waals surface area (Å²) < 4.78 is 10.5. The zero-order valence-electron chi connectivity index (χ0n) is 15.0. The minimum atomic E-state index is -0.335. The maximum absolute atomic E-state index is 11.9. The molecule has 0 bridgehead atoms. The Bertz CT molecular complexity index is 907. The van der Waals surface area contributed by atoms with E-state index in [1.165, 1.54) is 6.26 Å². The molecule has 2 N–H and O–H groups in total. The highest BCUT2D eigenvalue weighted by Crippen LogP contribution is 2.16. The van der Waals surface area contributed by atoms with Crippen LogP contribution < -0.4 is 15.4 Å². The van der Waals surface area contributed by atoms with Crippen LogP contribution in [-0.4, -0.2) is 25.0 Å². The number of hydrogen-bond donors (Lipinski definition) is 2. The third-order valence-electron chi connectivity index (χ3n) is 3.88. The van der Waals surface area contributed by atoms with Crippen molar-refractivity contribution in [3.63, 3.8) is 0 Å². The van der Waals surface area contributed by atoms with E-state index in [9.17, 15) is 9.59 Å². The second-order valence-corrected chi connectivity index (χ2v) is 6.41. The number of rotatable bonds is 8. The number of benzene rings is 2. The van der Waals surface area contributed by atoms with Gasteiger partial charge in [-0.05, 0) is 60.5 Å². The third kappa shape index (κ3) is 5.89. The van der Waals surface area contributed by atoms with Gasteiger partial charge >= 0.3 is 0 Å². The lowest BCUT2D eigenvalue weighted by Crippen LogP contribution is -2.30. The fourth-order valence-corrected chi connectivity index (χ4v) is 2.56. The Morgan fingerprint density at radius 3 is 2.43 bits per heavy atom. The van der Waals surface area contributed by atoms with Crippen molar-refractivity contribution in [2.45, 2.75) is 6.42 Å². The Morgan fingerprint density at radius 2 is 1.75 bits per heavy atom. The molecule has 0 atom stereocenters. The molecule has 1 aromatic heterocycles. The summed E-state index contributed by atoms with van der Waals surface area (Å²) in [5, 5.41) is 6.20. The molecule has 1 heterocycles. The van der Waals surface area contributed by atoms with E-state index in [0.29, 0.717) is 29.4 Å². The van der Waals surface area contributed by atoms with Crippen LogP contribution in [0.4, 0.5) is 5.69 Å². The number of carbonyl (C=O) groups excluding carboxylic acids is 2. The number of hydrogen-bond acceptors (Lipinski definition) is 4. The number of nitrogens with one attached hydrogen (secondary N) is 2. The van der Waals surface area contributed by atoms with E-state index in [4.69, 9.17) is 20.8 Å². The quantitative estimate of drug-likeness (QED) is 0.602. The lowest BCUT2D eigenvalue weighted by molar-refractivity contribution is -0.123. The molecule has 3 aromatic rings. The van der Waals surface area contributed by atoms with Gasteiger partial charge in [-0.2, -0.15) is 0 Å². The van der Waals surface area contributed by atoms with Crippen molar-refractivity contribution in [3.05, 3.63) is 83.3 Å². The van der Waals surface area contributed by atoms with E-state index in [1.807, 2.05) is 24.3 Å². The van der Waals surface area contributed by atoms with E-state index < -0.39 is 0 Å². The summed E-state index contributed by atoms with van der Waals surface area (Å²) in [5.41, 5.74) is 1.69. The number of halogens is 1. The number of carbonyl (C=O) groups is 2. The molecule has 6 nitrogen and oxygen atoms in total. The first-order valence-corrected chi connectivity index (χ1v) is 9.07. The van der Waals surface area contributed by atoms with Crippen LogP contribution in [0.1, 0.15) is 16.1 Å². The molecular formula is C21H19ClN2O4. The molecule has 0 saturated heterocycles. The molecule has 0 aliphatic heterocycles. The first-order chi connectivity index (χ1) is 13.6. The van der Waals surface area contributed by atoms with Gasteiger partial charge in [0.15, 0.2) is 12.4 Å². The molecule has 0 aliphatic rings. The molecule has 0 fully saturated rings. The number of anilines is 1. The molecule has 0 unspecified atom stereocenters. The van der Waals surface area contributed by atoms with Gasteiger partial charge in [-0.15, -0.1) is 0 Å². The monoisotopic (exact) mass is 398 g/mol. The van der Waals surface area contributed by atoms with E-state index in [1.54, 1.807) is 36.4 Å². The summed E-state index contributed by atoms with van der Waals surface area (Å²) in [6.07, 6.45) is 2.15. The van der Waals surface area contributed by atoms with Crippen molar-refractivity contribution >= 4 is 29.1 Å². The fourth-order valence-electron chi connectivity index (χ4n) is 2.43. The molecule has 28 heavy (non-hydrogen) atoms. The van der Waals surface area contributed by atoms with Gasteiger partial charge in [0.25, 0.3) is 11.8 Å². The highest BCUT2D eigenvalue weighted by Gasteiger charge is 2.09. The Morgan fingerprint density at radius 1 is 1.00 bits per heavy atom. The fraction of sp³-hybridized carbons (Fsp3) is 0.143. The summed E-state index contributed by atoms with van der Waals surface area (Å²) >= 11 is 5.84. The summed E-state index contributed by atoms with van der Waals surface area (Å²) in [4.78, 5) is 23.8. The summed E-state index contributed by atoms with van der Waals surface area (Å²) in [6.45, 7) is 0.431. The predicted octanol–water partition coefficient (Wildman–Crippen LogP) is 3.92. The SMILES string of the molecule is O=C(COc1ccc(NC(=O)c2ccco2)cc1)NCCc1ccc(Cl)cc1. The van der Waals surface area contributed by atoms with Crippen molar-refractivity contribution < 1.29 is 18.7 Å². The topological polar surface area (TPSA) is 80.6 Å². The number of ether oxygens (including phenoxy) is 1. The van der Waals surface area contributed by atoms with Gasteiger partial charge < -0.3 is 19.8 Å². The Labute approximate surface area is 167 Å². The molecule has 7 heteroatoms. The number of furan rings is 1. The zero-order chi connectivity index (χ0) is 19.8. The van der Waals surface area contributed by atoms with Crippen LogP contribution in [0.25, 0.3) is 0 Å². The molecule has 0 aliphatic carbocycles. The molecule has 2 aromatic carbocycles. The lowest BCUT2D eigenvalue weighted by atomic mass is 10.1. The van der Waals surface area contributed by atoms with E-state index in [0.717, 1.165) is 5.56 Å². The van der Waals surface area contributed by atoms with Gasteiger partial charge in [-0.25, -0.2) is 0 Å². The minimum Gasteiger partial charge on any atom is -0.484 e. The largest absolute Gasteiger partial charge is 0.484 e. The van der Waals surface area contributed by atoms with Crippen LogP contribution in [0.15, 0.2) is 71.3 Å². The molecule has 0 saturated carbocycles. The molecule has 3 rings (SSSR count). The third-order valence-corrected chi connectivity index (χ3v) is 4.13. The Kier molecular flexibility index (Phi) is 6.70. The molecule has 144 valence electrons. The molecule has 0 spiro atoms. The molecular weight excluding hydrogens is 380 g/mol. The summed E-state index contributed by atoms with van der Waals surface area (Å²) in [5.74, 6) is 0.224. The smallest absolute Gasteiger partial charge is 0.291 e. The first-order valence-electron chi connectivity index (χ1n) is 8.69. The van der Waals surface area contributed by atoms with Gasteiger partial charge in [0.1, 0.15) is 5.75 Å². The maximum Gasteiger partial charge on any atom is 0.291 e. The van der Waals surface area contributed by atoms with E-state index >= 15 is 0 Å². The standard InChI is InChI=1S/C21H19ClN2O4/c22-16-5-3-15(4-6-16)11-12-23-20(25)14-28-18-9-7-17(8-10-18)24-21(26)19-2-1-13-27-19/h1-10,13H,11-12,14H2,(H,23,25)(H,24,26). The van der Waals surface area contributed by atoms with Crippen molar-refractivity contribution in [2.75, 3.05) is 18.5 Å². The van der Waals surface area contributed by atoms with E-state index in [2.05, 4.69) is 10.6 Å². The highest BCUT2D eigenvalue weighted by atomic mass is 35.5. The maximum atomic E-state index is 11.9. The summed E-state index contributed by atoms with van der Waals surface area (Å²) in [6, 6.07) is 17.5. The van der Waals surface area contributed by atoms with Gasteiger partial charge in [-0.1, -0.05) is 23.7 Å². The average molecular weight is 399 g/mol. The van der Waals surface area contributed by atoms with Crippen LogP contribution in [0.5, 0.6) is 5.75 Å². The first kappa shape index (κ1) is 19.5. The second kappa shape index (κ2) is 9.62. The van der Waals surface area contributed by atoms with E-state index in [-0.39, 0.29) is 24.2 Å². The Hall–Kier alpha value is -3.25. The lowest BCUT2D eigenvalue weighted by Gasteiger charge is -2.09.